The second kappa shape index (κ2) is 7.20. The summed E-state index contributed by atoms with van der Waals surface area (Å²) < 4.78 is 15.0. The fourth-order valence-corrected chi connectivity index (χ4v) is 1.32. The van der Waals surface area contributed by atoms with Crippen molar-refractivity contribution in [3.8, 4) is 5.75 Å². The minimum Gasteiger partial charge on any atom is -0.494 e. The molecule has 5 heteroatoms. The molecule has 0 radical (unpaired) electrons. The first-order valence-corrected chi connectivity index (χ1v) is 5.82. The van der Waals surface area contributed by atoms with Gasteiger partial charge in [0.15, 0.2) is 5.76 Å². The van der Waals surface area contributed by atoms with Crippen molar-refractivity contribution in [3.63, 3.8) is 0 Å². The standard InChI is InChI=1S/C14H16O5/c1-4-17-13-7-5-12(6-8-13)14(19-11(3)16)9-18-10(2)15/h5-9H,4H2,1-3H3/b14-9-. The molecule has 19 heavy (non-hydrogen) atoms. The lowest BCUT2D eigenvalue weighted by molar-refractivity contribution is -0.137. The quantitative estimate of drug-likeness (QED) is 0.604. The summed E-state index contributed by atoms with van der Waals surface area (Å²) in [6.07, 6.45) is 1.11. The van der Waals surface area contributed by atoms with E-state index in [1.807, 2.05) is 6.92 Å². The Morgan fingerprint density at radius 1 is 1.11 bits per heavy atom. The van der Waals surface area contributed by atoms with Crippen LogP contribution in [-0.4, -0.2) is 18.5 Å². The van der Waals surface area contributed by atoms with Gasteiger partial charge in [-0.1, -0.05) is 0 Å². The van der Waals surface area contributed by atoms with Gasteiger partial charge in [-0.2, -0.15) is 0 Å². The van der Waals surface area contributed by atoms with E-state index in [9.17, 15) is 9.59 Å². The molecule has 0 spiro atoms. The molecule has 1 aromatic rings. The Hall–Kier alpha value is -2.30. The largest absolute Gasteiger partial charge is 0.494 e. The van der Waals surface area contributed by atoms with E-state index in [-0.39, 0.29) is 5.76 Å². The van der Waals surface area contributed by atoms with Gasteiger partial charge in [-0.05, 0) is 31.2 Å². The highest BCUT2D eigenvalue weighted by atomic mass is 16.6. The highest BCUT2D eigenvalue weighted by Crippen LogP contribution is 2.20. The second-order valence-corrected chi connectivity index (χ2v) is 3.64. The summed E-state index contributed by atoms with van der Waals surface area (Å²) in [5.41, 5.74) is 0.611. The Morgan fingerprint density at radius 3 is 2.21 bits per heavy atom. The fraction of sp³-hybridized carbons (Fsp3) is 0.286. The van der Waals surface area contributed by atoms with E-state index in [0.29, 0.717) is 17.9 Å². The molecule has 1 aromatic carbocycles. The molecule has 0 heterocycles. The van der Waals surface area contributed by atoms with Crippen LogP contribution in [0.15, 0.2) is 30.5 Å². The van der Waals surface area contributed by atoms with Gasteiger partial charge in [0, 0.05) is 19.4 Å². The minimum atomic E-state index is -0.493. The summed E-state index contributed by atoms with van der Waals surface area (Å²) in [5, 5.41) is 0. The number of carbonyl (C=O) groups excluding carboxylic acids is 2. The first kappa shape index (κ1) is 14.8. The maximum Gasteiger partial charge on any atom is 0.308 e. The number of hydrogen-bond donors (Lipinski definition) is 0. The SMILES string of the molecule is CCOc1ccc(/C(=C/OC(C)=O)OC(C)=O)cc1. The Balaban J connectivity index is 2.93. The maximum atomic E-state index is 11.0. The van der Waals surface area contributed by atoms with Gasteiger partial charge in [0.2, 0.25) is 0 Å². The van der Waals surface area contributed by atoms with Crippen LogP contribution in [0.2, 0.25) is 0 Å². The average molecular weight is 264 g/mol. The summed E-state index contributed by atoms with van der Waals surface area (Å²) >= 11 is 0. The van der Waals surface area contributed by atoms with Crippen molar-refractivity contribution in [2.75, 3.05) is 6.61 Å². The highest BCUT2D eigenvalue weighted by molar-refractivity contribution is 5.77. The van der Waals surface area contributed by atoms with Crippen LogP contribution in [0.4, 0.5) is 0 Å². The molecule has 0 bridgehead atoms. The number of benzene rings is 1. The Kier molecular flexibility index (Phi) is 5.60. The van der Waals surface area contributed by atoms with Gasteiger partial charge in [0.05, 0.1) is 6.61 Å². The average Bonchev–Trinajstić information content (AvgIpc) is 2.35. The number of carbonyl (C=O) groups is 2. The van der Waals surface area contributed by atoms with Gasteiger partial charge in [-0.25, -0.2) is 0 Å². The van der Waals surface area contributed by atoms with Gasteiger partial charge < -0.3 is 14.2 Å². The molecular formula is C14H16O5. The first-order chi connectivity index (χ1) is 9.02. The molecule has 0 atom stereocenters. The van der Waals surface area contributed by atoms with Gasteiger partial charge in [0.1, 0.15) is 12.0 Å². The molecule has 1 rings (SSSR count). The van der Waals surface area contributed by atoms with Crippen molar-refractivity contribution in [1.82, 2.24) is 0 Å². The van der Waals surface area contributed by atoms with Gasteiger partial charge in [-0.3, -0.25) is 9.59 Å². The van der Waals surface area contributed by atoms with Crippen LogP contribution < -0.4 is 4.74 Å². The van der Waals surface area contributed by atoms with E-state index in [0.717, 1.165) is 6.26 Å². The number of ether oxygens (including phenoxy) is 3. The third-order valence-electron chi connectivity index (χ3n) is 2.04. The molecule has 0 fully saturated rings. The third-order valence-corrected chi connectivity index (χ3v) is 2.04. The van der Waals surface area contributed by atoms with Crippen molar-refractivity contribution >= 4 is 17.7 Å². The van der Waals surface area contributed by atoms with E-state index >= 15 is 0 Å². The molecule has 0 aliphatic carbocycles. The van der Waals surface area contributed by atoms with Crippen LogP contribution in [0.1, 0.15) is 26.3 Å². The summed E-state index contributed by atoms with van der Waals surface area (Å²) in [4.78, 5) is 21.8. The summed E-state index contributed by atoms with van der Waals surface area (Å²) in [7, 11) is 0. The summed E-state index contributed by atoms with van der Waals surface area (Å²) in [5.74, 6) is -0.102. The van der Waals surface area contributed by atoms with E-state index < -0.39 is 11.9 Å². The molecule has 0 saturated carbocycles. The van der Waals surface area contributed by atoms with E-state index in [1.165, 1.54) is 13.8 Å². The third kappa shape index (κ3) is 5.25. The summed E-state index contributed by atoms with van der Waals surface area (Å²) in [6.45, 7) is 4.99. The summed E-state index contributed by atoms with van der Waals surface area (Å²) in [6, 6.07) is 6.90. The Bertz CT molecular complexity index is 473. The minimum absolute atomic E-state index is 0.172. The van der Waals surface area contributed by atoms with Gasteiger partial charge in [0.25, 0.3) is 0 Å². The molecule has 102 valence electrons. The first-order valence-electron chi connectivity index (χ1n) is 5.82. The highest BCUT2D eigenvalue weighted by Gasteiger charge is 2.08. The van der Waals surface area contributed by atoms with E-state index in [4.69, 9.17) is 14.2 Å². The van der Waals surface area contributed by atoms with Crippen molar-refractivity contribution in [2.24, 2.45) is 0 Å². The smallest absolute Gasteiger partial charge is 0.308 e. The zero-order chi connectivity index (χ0) is 14.3. The predicted octanol–water partition coefficient (Wildman–Crippen LogP) is 2.51. The number of rotatable bonds is 5. The number of hydrogen-bond acceptors (Lipinski definition) is 5. The molecule has 0 saturated heterocycles. The monoisotopic (exact) mass is 264 g/mol. The van der Waals surface area contributed by atoms with Gasteiger partial charge in [-0.15, -0.1) is 0 Å². The van der Waals surface area contributed by atoms with E-state index in [1.54, 1.807) is 24.3 Å². The molecule has 0 aliphatic rings. The van der Waals surface area contributed by atoms with Crippen molar-refractivity contribution in [1.29, 1.82) is 0 Å². The molecule has 0 aromatic heterocycles. The number of esters is 2. The topological polar surface area (TPSA) is 61.8 Å². The van der Waals surface area contributed by atoms with Crippen LogP contribution in [0.25, 0.3) is 5.76 Å². The fourth-order valence-electron chi connectivity index (χ4n) is 1.32. The molecule has 0 aliphatic heterocycles. The van der Waals surface area contributed by atoms with Crippen LogP contribution in [0.5, 0.6) is 5.75 Å². The zero-order valence-electron chi connectivity index (χ0n) is 11.1. The van der Waals surface area contributed by atoms with Crippen molar-refractivity contribution in [3.05, 3.63) is 36.1 Å². The lowest BCUT2D eigenvalue weighted by Crippen LogP contribution is -2.01. The lowest BCUT2D eigenvalue weighted by atomic mass is 10.2. The normalized spacial score (nSPS) is 10.8. The molecule has 5 nitrogen and oxygen atoms in total. The molecule has 0 amide bonds. The Labute approximate surface area is 111 Å². The van der Waals surface area contributed by atoms with Gasteiger partial charge >= 0.3 is 11.9 Å². The molecule has 0 unspecified atom stereocenters. The predicted molar refractivity (Wildman–Crippen MR) is 69.1 cm³/mol. The van der Waals surface area contributed by atoms with Crippen LogP contribution in [0, 0.1) is 0 Å². The maximum absolute atomic E-state index is 11.0. The van der Waals surface area contributed by atoms with Crippen molar-refractivity contribution in [2.45, 2.75) is 20.8 Å². The Morgan fingerprint density at radius 2 is 1.74 bits per heavy atom. The lowest BCUT2D eigenvalue weighted by Gasteiger charge is -2.08. The van der Waals surface area contributed by atoms with Crippen LogP contribution in [0.3, 0.4) is 0 Å². The van der Waals surface area contributed by atoms with Crippen LogP contribution >= 0.6 is 0 Å². The van der Waals surface area contributed by atoms with Crippen LogP contribution in [-0.2, 0) is 19.1 Å². The zero-order valence-corrected chi connectivity index (χ0v) is 11.1. The van der Waals surface area contributed by atoms with E-state index in [2.05, 4.69) is 0 Å². The molecule has 0 N–H and O–H groups in total. The second-order valence-electron chi connectivity index (χ2n) is 3.64. The van der Waals surface area contributed by atoms with Crippen molar-refractivity contribution < 1.29 is 23.8 Å². The molecular weight excluding hydrogens is 248 g/mol.